The molecule has 1 aliphatic rings. The van der Waals surface area contributed by atoms with E-state index in [4.69, 9.17) is 4.74 Å². The molecule has 0 radical (unpaired) electrons. The quantitative estimate of drug-likeness (QED) is 0.787. The maximum atomic E-state index is 12.5. The molecule has 5 heteroatoms. The number of hydrogen-bond donors (Lipinski definition) is 2. The van der Waals surface area contributed by atoms with Crippen LogP contribution in [0.15, 0.2) is 53.4 Å². The van der Waals surface area contributed by atoms with Crippen molar-refractivity contribution in [3.63, 3.8) is 0 Å². The molecule has 1 saturated heterocycles. The number of carbonyl (C=O) groups is 1. The van der Waals surface area contributed by atoms with Gasteiger partial charge in [-0.15, -0.1) is 11.8 Å². The molecule has 1 heterocycles. The second kappa shape index (κ2) is 8.22. The third-order valence-electron chi connectivity index (χ3n) is 3.94. The molecule has 2 aromatic carbocycles. The summed E-state index contributed by atoms with van der Waals surface area (Å²) in [5.74, 6) is 0.972. The maximum Gasteiger partial charge on any atom is 0.252 e. The summed E-state index contributed by atoms with van der Waals surface area (Å²) >= 11 is 1.67. The Morgan fingerprint density at radius 1 is 1.25 bits per heavy atom. The van der Waals surface area contributed by atoms with Crippen LogP contribution in [0.25, 0.3) is 0 Å². The maximum absolute atomic E-state index is 12.5. The van der Waals surface area contributed by atoms with Crippen LogP contribution in [0.5, 0.6) is 5.75 Å². The van der Waals surface area contributed by atoms with E-state index in [0.29, 0.717) is 18.2 Å². The lowest BCUT2D eigenvalue weighted by atomic mass is 10.2. The Balaban J connectivity index is 1.61. The van der Waals surface area contributed by atoms with Crippen LogP contribution >= 0.6 is 11.8 Å². The molecule has 4 nitrogen and oxygen atoms in total. The summed E-state index contributed by atoms with van der Waals surface area (Å²) in [5.41, 5.74) is 1.55. The van der Waals surface area contributed by atoms with Crippen LogP contribution in [0.2, 0.25) is 0 Å². The van der Waals surface area contributed by atoms with Crippen LogP contribution in [-0.2, 0) is 11.3 Å². The zero-order valence-electron chi connectivity index (χ0n) is 13.4. The van der Waals surface area contributed by atoms with Crippen molar-refractivity contribution in [1.82, 2.24) is 5.32 Å². The summed E-state index contributed by atoms with van der Waals surface area (Å²) in [6, 6.07) is 14.5. The normalized spacial score (nSPS) is 16.9. The number of nitrogens with one attached hydrogen (secondary N) is 1. The van der Waals surface area contributed by atoms with Gasteiger partial charge in [0.05, 0.1) is 11.7 Å². The number of rotatable bonds is 6. The number of amides is 1. The minimum atomic E-state index is -0.103. The van der Waals surface area contributed by atoms with Crippen molar-refractivity contribution in [1.29, 1.82) is 0 Å². The summed E-state index contributed by atoms with van der Waals surface area (Å²) in [5, 5.41) is 12.4. The largest absolute Gasteiger partial charge is 0.508 e. The molecule has 0 unspecified atom stereocenters. The van der Waals surface area contributed by atoms with E-state index >= 15 is 0 Å². The number of aromatic hydroxyl groups is 1. The Labute approximate surface area is 146 Å². The van der Waals surface area contributed by atoms with Gasteiger partial charge < -0.3 is 15.2 Å². The first kappa shape index (κ1) is 16.9. The molecule has 0 saturated carbocycles. The van der Waals surface area contributed by atoms with Gasteiger partial charge in [-0.05, 0) is 42.7 Å². The molecule has 0 aliphatic carbocycles. The third kappa shape index (κ3) is 4.52. The molecule has 24 heavy (non-hydrogen) atoms. The first-order chi connectivity index (χ1) is 11.7. The lowest BCUT2D eigenvalue weighted by molar-refractivity contribution is 0.0947. The van der Waals surface area contributed by atoms with Gasteiger partial charge in [0.2, 0.25) is 0 Å². The summed E-state index contributed by atoms with van der Waals surface area (Å²) in [4.78, 5) is 13.5. The van der Waals surface area contributed by atoms with Crippen molar-refractivity contribution in [3.05, 3.63) is 59.7 Å². The fourth-order valence-electron chi connectivity index (χ4n) is 2.68. The molecule has 1 aliphatic heterocycles. The number of carbonyl (C=O) groups excluding carboxylic acids is 1. The topological polar surface area (TPSA) is 58.6 Å². The smallest absolute Gasteiger partial charge is 0.252 e. The zero-order valence-corrected chi connectivity index (χ0v) is 14.2. The van der Waals surface area contributed by atoms with Gasteiger partial charge >= 0.3 is 0 Å². The van der Waals surface area contributed by atoms with Crippen LogP contribution < -0.4 is 5.32 Å². The van der Waals surface area contributed by atoms with Crippen LogP contribution in [0, 0.1) is 0 Å². The van der Waals surface area contributed by atoms with Crippen LogP contribution in [0.1, 0.15) is 28.8 Å². The highest BCUT2D eigenvalue weighted by Gasteiger charge is 2.17. The van der Waals surface area contributed by atoms with E-state index in [0.717, 1.165) is 35.7 Å². The highest BCUT2D eigenvalue weighted by atomic mass is 32.2. The molecule has 1 atom stereocenters. The van der Waals surface area contributed by atoms with Crippen molar-refractivity contribution in [3.8, 4) is 5.75 Å². The van der Waals surface area contributed by atoms with Gasteiger partial charge in [-0.1, -0.05) is 24.3 Å². The minimum Gasteiger partial charge on any atom is -0.508 e. The molecule has 126 valence electrons. The Morgan fingerprint density at radius 3 is 2.92 bits per heavy atom. The van der Waals surface area contributed by atoms with Crippen LogP contribution in [0.4, 0.5) is 0 Å². The molecule has 2 aromatic rings. The number of hydrogen-bond acceptors (Lipinski definition) is 4. The van der Waals surface area contributed by atoms with E-state index in [2.05, 4.69) is 5.32 Å². The Hall–Kier alpha value is -1.98. The van der Waals surface area contributed by atoms with Gasteiger partial charge in [0.25, 0.3) is 5.91 Å². The Kier molecular flexibility index (Phi) is 5.77. The molecular formula is C19H21NO3S. The van der Waals surface area contributed by atoms with Gasteiger partial charge in [-0.3, -0.25) is 4.79 Å². The number of phenolic OH excluding ortho intramolecular Hbond substituents is 1. The van der Waals surface area contributed by atoms with Crippen LogP contribution in [-0.4, -0.2) is 29.5 Å². The second-order valence-electron chi connectivity index (χ2n) is 5.79. The van der Waals surface area contributed by atoms with Crippen molar-refractivity contribution >= 4 is 17.7 Å². The number of benzene rings is 2. The SMILES string of the molecule is O=C(NCc1cccc(O)c1)c1ccccc1SC[C@@H]1CCCO1. The van der Waals surface area contributed by atoms with Crippen molar-refractivity contribution in [2.75, 3.05) is 12.4 Å². The average molecular weight is 343 g/mol. The van der Waals surface area contributed by atoms with E-state index in [9.17, 15) is 9.90 Å². The lowest BCUT2D eigenvalue weighted by Crippen LogP contribution is -2.23. The van der Waals surface area contributed by atoms with Gasteiger partial charge in [0.15, 0.2) is 0 Å². The van der Waals surface area contributed by atoms with Crippen molar-refractivity contribution < 1.29 is 14.6 Å². The zero-order chi connectivity index (χ0) is 16.8. The molecule has 0 aromatic heterocycles. The molecular weight excluding hydrogens is 322 g/mol. The van der Waals surface area contributed by atoms with Gasteiger partial charge in [-0.2, -0.15) is 0 Å². The first-order valence-electron chi connectivity index (χ1n) is 8.12. The molecule has 2 N–H and O–H groups in total. The highest BCUT2D eigenvalue weighted by Crippen LogP contribution is 2.26. The molecule has 1 amide bonds. The van der Waals surface area contributed by atoms with Crippen LogP contribution in [0.3, 0.4) is 0 Å². The standard InChI is InChI=1S/C19H21NO3S/c21-15-6-3-5-14(11-15)12-20-19(22)17-8-1-2-9-18(17)24-13-16-7-4-10-23-16/h1-3,5-6,8-9,11,16,21H,4,7,10,12-13H2,(H,20,22)/t16-/m0/s1. The fourth-order valence-corrected chi connectivity index (χ4v) is 3.80. The number of thioether (sulfide) groups is 1. The van der Waals surface area contributed by atoms with Gasteiger partial charge in [-0.25, -0.2) is 0 Å². The third-order valence-corrected chi connectivity index (χ3v) is 5.15. The second-order valence-corrected chi connectivity index (χ2v) is 6.86. The molecule has 0 spiro atoms. The van der Waals surface area contributed by atoms with Crippen molar-refractivity contribution in [2.24, 2.45) is 0 Å². The van der Waals surface area contributed by atoms with Gasteiger partial charge in [0, 0.05) is 23.8 Å². The first-order valence-corrected chi connectivity index (χ1v) is 9.10. The van der Waals surface area contributed by atoms with E-state index in [-0.39, 0.29) is 11.7 Å². The van der Waals surface area contributed by atoms with E-state index in [1.54, 1.807) is 30.0 Å². The van der Waals surface area contributed by atoms with E-state index < -0.39 is 0 Å². The summed E-state index contributed by atoms with van der Waals surface area (Å²) in [6.07, 6.45) is 2.51. The highest BCUT2D eigenvalue weighted by molar-refractivity contribution is 7.99. The summed E-state index contributed by atoms with van der Waals surface area (Å²) in [6.45, 7) is 1.23. The number of phenols is 1. The Morgan fingerprint density at radius 2 is 2.12 bits per heavy atom. The van der Waals surface area contributed by atoms with Gasteiger partial charge in [0.1, 0.15) is 5.75 Å². The predicted molar refractivity (Wildman–Crippen MR) is 95.4 cm³/mol. The minimum absolute atomic E-state index is 0.103. The summed E-state index contributed by atoms with van der Waals surface area (Å²) in [7, 11) is 0. The predicted octanol–water partition coefficient (Wildman–Crippen LogP) is 3.59. The average Bonchev–Trinajstić information content (AvgIpc) is 3.12. The number of ether oxygens (including phenoxy) is 1. The fraction of sp³-hybridized carbons (Fsp3) is 0.316. The molecule has 1 fully saturated rings. The molecule has 0 bridgehead atoms. The summed E-state index contributed by atoms with van der Waals surface area (Å²) < 4.78 is 5.65. The molecule has 3 rings (SSSR count). The lowest BCUT2D eigenvalue weighted by Gasteiger charge is -2.12. The monoisotopic (exact) mass is 343 g/mol. The van der Waals surface area contributed by atoms with E-state index in [1.807, 2.05) is 30.3 Å². The Bertz CT molecular complexity index is 699. The van der Waals surface area contributed by atoms with Crippen molar-refractivity contribution in [2.45, 2.75) is 30.4 Å². The van der Waals surface area contributed by atoms with E-state index in [1.165, 1.54) is 0 Å².